The van der Waals surface area contributed by atoms with Gasteiger partial charge in [0, 0.05) is 19.0 Å². The molecule has 1 aliphatic carbocycles. The van der Waals surface area contributed by atoms with Crippen LogP contribution in [-0.4, -0.2) is 59.4 Å². The first-order valence-electron chi connectivity index (χ1n) is 10.9. The largest absolute Gasteiger partial charge is 0.503 e. The van der Waals surface area contributed by atoms with E-state index in [9.17, 15) is 14.7 Å². The maximum absolute atomic E-state index is 13.0. The molecule has 1 aromatic rings. The van der Waals surface area contributed by atoms with E-state index in [0.717, 1.165) is 38.0 Å². The van der Waals surface area contributed by atoms with E-state index in [1.165, 1.54) is 19.3 Å². The molecule has 1 atom stereocenters. The van der Waals surface area contributed by atoms with Crippen LogP contribution in [0.5, 0.6) is 5.75 Å². The molecular weight excluding hydrogens is 380 g/mol. The van der Waals surface area contributed by atoms with Gasteiger partial charge in [-0.05, 0) is 56.5 Å². The number of ketones is 1. The summed E-state index contributed by atoms with van der Waals surface area (Å²) in [7, 11) is 0. The Hall–Kier alpha value is -2.60. The Labute approximate surface area is 177 Å². The second-order valence-electron chi connectivity index (χ2n) is 8.38. The molecule has 1 aromatic carbocycles. The first kappa shape index (κ1) is 20.7. The molecule has 1 unspecified atom stereocenters. The SMILES string of the molecule is C=CCOc1cccc(C2C(C(=O)C3CC3)=C(O)C(=O)N2CCN2CCCCC2)c1. The first-order chi connectivity index (χ1) is 14.6. The molecule has 0 bridgehead atoms. The average Bonchev–Trinajstić information content (AvgIpc) is 3.59. The molecule has 30 heavy (non-hydrogen) atoms. The van der Waals surface area contributed by atoms with Crippen LogP contribution in [0.2, 0.25) is 0 Å². The van der Waals surface area contributed by atoms with Crippen molar-refractivity contribution in [3.05, 3.63) is 53.8 Å². The van der Waals surface area contributed by atoms with Gasteiger partial charge in [-0.1, -0.05) is 31.2 Å². The molecule has 6 heteroatoms. The quantitative estimate of drug-likeness (QED) is 0.632. The highest BCUT2D eigenvalue weighted by atomic mass is 16.5. The zero-order valence-electron chi connectivity index (χ0n) is 17.4. The Balaban J connectivity index is 1.62. The van der Waals surface area contributed by atoms with Crippen molar-refractivity contribution in [3.8, 4) is 5.75 Å². The number of aliphatic hydroxyl groups excluding tert-OH is 1. The van der Waals surface area contributed by atoms with Crippen LogP contribution in [0.1, 0.15) is 43.7 Å². The van der Waals surface area contributed by atoms with Crippen molar-refractivity contribution >= 4 is 11.7 Å². The number of hydrogen-bond acceptors (Lipinski definition) is 5. The van der Waals surface area contributed by atoms with Gasteiger partial charge in [-0.15, -0.1) is 0 Å². The summed E-state index contributed by atoms with van der Waals surface area (Å²) < 4.78 is 5.66. The van der Waals surface area contributed by atoms with Crippen molar-refractivity contribution < 1.29 is 19.4 Å². The number of likely N-dealkylation sites (tertiary alicyclic amines) is 1. The van der Waals surface area contributed by atoms with Gasteiger partial charge in [-0.2, -0.15) is 0 Å². The predicted octanol–water partition coefficient (Wildman–Crippen LogP) is 3.41. The zero-order valence-corrected chi connectivity index (χ0v) is 17.4. The fourth-order valence-electron chi connectivity index (χ4n) is 4.41. The molecule has 0 spiro atoms. The van der Waals surface area contributed by atoms with Crippen molar-refractivity contribution in [1.29, 1.82) is 0 Å². The molecule has 160 valence electrons. The third-order valence-electron chi connectivity index (χ3n) is 6.16. The minimum absolute atomic E-state index is 0.0697. The number of amides is 1. The van der Waals surface area contributed by atoms with E-state index in [1.54, 1.807) is 11.0 Å². The third kappa shape index (κ3) is 4.29. The summed E-state index contributed by atoms with van der Waals surface area (Å²) in [6.45, 7) is 7.33. The lowest BCUT2D eigenvalue weighted by Crippen LogP contribution is -2.40. The number of Topliss-reactive ketones (excluding diaryl/α,β-unsaturated/α-hetero) is 1. The van der Waals surface area contributed by atoms with Crippen LogP contribution in [0.25, 0.3) is 0 Å². The summed E-state index contributed by atoms with van der Waals surface area (Å²) in [5.74, 6) is -0.338. The molecule has 3 aliphatic rings. The molecule has 0 aromatic heterocycles. The number of aliphatic hydroxyl groups is 1. The molecule has 4 rings (SSSR count). The maximum Gasteiger partial charge on any atom is 0.290 e. The van der Waals surface area contributed by atoms with Crippen LogP contribution in [0, 0.1) is 5.92 Å². The normalized spacial score (nSPS) is 22.5. The summed E-state index contributed by atoms with van der Waals surface area (Å²) in [5, 5.41) is 10.7. The molecule has 2 heterocycles. The van der Waals surface area contributed by atoms with E-state index >= 15 is 0 Å². The number of benzene rings is 1. The highest BCUT2D eigenvalue weighted by molar-refractivity contribution is 6.10. The monoisotopic (exact) mass is 410 g/mol. The lowest BCUT2D eigenvalue weighted by molar-refractivity contribution is -0.129. The standard InChI is InChI=1S/C24H30N2O4/c1-2-15-30-19-8-6-7-18(16-19)21-20(22(27)17-9-10-17)23(28)24(29)26(21)14-13-25-11-4-3-5-12-25/h2,6-8,16-17,21,28H,1,3-5,9-15H2. The van der Waals surface area contributed by atoms with Gasteiger partial charge in [0.1, 0.15) is 12.4 Å². The van der Waals surface area contributed by atoms with Crippen LogP contribution in [0.3, 0.4) is 0 Å². The molecule has 0 radical (unpaired) electrons. The van der Waals surface area contributed by atoms with Crippen LogP contribution in [0.4, 0.5) is 0 Å². The molecule has 1 amide bonds. The van der Waals surface area contributed by atoms with E-state index in [0.29, 0.717) is 18.9 Å². The van der Waals surface area contributed by atoms with E-state index in [1.807, 2.05) is 24.3 Å². The smallest absolute Gasteiger partial charge is 0.290 e. The fraction of sp³-hybridized carbons (Fsp3) is 0.500. The van der Waals surface area contributed by atoms with Crippen LogP contribution < -0.4 is 4.74 Å². The number of carbonyl (C=O) groups is 2. The Kier molecular flexibility index (Phi) is 6.23. The molecule has 1 N–H and O–H groups in total. The summed E-state index contributed by atoms with van der Waals surface area (Å²) in [6, 6.07) is 6.88. The number of ether oxygens (including phenoxy) is 1. The topological polar surface area (TPSA) is 70.1 Å². The summed E-state index contributed by atoms with van der Waals surface area (Å²) in [5.41, 5.74) is 1.04. The van der Waals surface area contributed by atoms with Crippen LogP contribution in [-0.2, 0) is 9.59 Å². The molecule has 1 saturated heterocycles. The van der Waals surface area contributed by atoms with Crippen molar-refractivity contribution in [2.45, 2.75) is 38.1 Å². The predicted molar refractivity (Wildman–Crippen MR) is 114 cm³/mol. The number of carbonyl (C=O) groups excluding carboxylic acids is 2. The number of rotatable bonds is 9. The van der Waals surface area contributed by atoms with Gasteiger partial charge in [0.25, 0.3) is 5.91 Å². The van der Waals surface area contributed by atoms with Crippen molar-refractivity contribution in [3.63, 3.8) is 0 Å². The number of hydrogen-bond donors (Lipinski definition) is 1. The Bertz CT molecular complexity index is 853. The Morgan fingerprint density at radius 3 is 2.67 bits per heavy atom. The lowest BCUT2D eigenvalue weighted by Gasteiger charge is -2.32. The second kappa shape index (κ2) is 9.04. The van der Waals surface area contributed by atoms with E-state index in [2.05, 4.69) is 11.5 Å². The number of piperidine rings is 1. The minimum atomic E-state index is -0.567. The molecule has 1 saturated carbocycles. The molecule has 2 fully saturated rings. The van der Waals surface area contributed by atoms with Gasteiger partial charge in [-0.3, -0.25) is 9.59 Å². The van der Waals surface area contributed by atoms with Crippen LogP contribution in [0.15, 0.2) is 48.3 Å². The van der Waals surface area contributed by atoms with Crippen LogP contribution >= 0.6 is 0 Å². The zero-order chi connectivity index (χ0) is 21.1. The van der Waals surface area contributed by atoms with E-state index < -0.39 is 11.9 Å². The molecular formula is C24H30N2O4. The fourth-order valence-corrected chi connectivity index (χ4v) is 4.41. The van der Waals surface area contributed by atoms with E-state index in [-0.39, 0.29) is 23.0 Å². The van der Waals surface area contributed by atoms with Gasteiger partial charge < -0.3 is 19.6 Å². The Morgan fingerprint density at radius 2 is 1.97 bits per heavy atom. The van der Waals surface area contributed by atoms with Gasteiger partial charge in [0.15, 0.2) is 11.5 Å². The van der Waals surface area contributed by atoms with Gasteiger partial charge in [0.05, 0.1) is 11.6 Å². The second-order valence-corrected chi connectivity index (χ2v) is 8.38. The third-order valence-corrected chi connectivity index (χ3v) is 6.16. The van der Waals surface area contributed by atoms with E-state index in [4.69, 9.17) is 4.74 Å². The maximum atomic E-state index is 13.0. The highest BCUT2D eigenvalue weighted by Crippen LogP contribution is 2.43. The average molecular weight is 411 g/mol. The first-order valence-corrected chi connectivity index (χ1v) is 10.9. The Morgan fingerprint density at radius 1 is 1.20 bits per heavy atom. The summed E-state index contributed by atoms with van der Waals surface area (Å²) in [6.07, 6.45) is 6.93. The van der Waals surface area contributed by atoms with Crippen molar-refractivity contribution in [2.75, 3.05) is 32.8 Å². The van der Waals surface area contributed by atoms with Gasteiger partial charge in [-0.25, -0.2) is 0 Å². The van der Waals surface area contributed by atoms with Crippen molar-refractivity contribution in [1.82, 2.24) is 9.80 Å². The summed E-state index contributed by atoms with van der Waals surface area (Å²) in [4.78, 5) is 30.0. The molecule has 6 nitrogen and oxygen atoms in total. The molecule has 2 aliphatic heterocycles. The lowest BCUT2D eigenvalue weighted by atomic mass is 9.94. The van der Waals surface area contributed by atoms with Gasteiger partial charge >= 0.3 is 0 Å². The highest BCUT2D eigenvalue weighted by Gasteiger charge is 2.47. The number of nitrogens with zero attached hydrogens (tertiary/aromatic N) is 2. The minimum Gasteiger partial charge on any atom is -0.503 e. The van der Waals surface area contributed by atoms with Gasteiger partial charge in [0.2, 0.25) is 0 Å². The van der Waals surface area contributed by atoms with Crippen molar-refractivity contribution in [2.24, 2.45) is 5.92 Å². The summed E-state index contributed by atoms with van der Waals surface area (Å²) >= 11 is 0.